The monoisotopic (exact) mass is 436 g/mol. The van der Waals surface area contributed by atoms with E-state index in [2.05, 4.69) is 67.7 Å². The van der Waals surface area contributed by atoms with Crippen molar-refractivity contribution in [2.45, 2.75) is 114 Å². The summed E-state index contributed by atoms with van der Waals surface area (Å²) >= 11 is 0. The van der Waals surface area contributed by atoms with E-state index in [-0.39, 0.29) is 16.5 Å². The SMILES string of the molecule is CO[C@@H]1[C@H](O[Si](C)(C)C(C)(C)C)[C@H](O)[C@](O)(CO)C[C@H]1O[Si](C)(C)C(C)(C)C. The maximum Gasteiger partial charge on any atom is 0.192 e. The van der Waals surface area contributed by atoms with Crippen LogP contribution in [0.5, 0.6) is 0 Å². The Morgan fingerprint density at radius 3 is 1.68 bits per heavy atom. The minimum absolute atomic E-state index is 0.0194. The van der Waals surface area contributed by atoms with Gasteiger partial charge in [-0.3, -0.25) is 0 Å². The molecule has 0 amide bonds. The number of rotatable bonds is 6. The maximum atomic E-state index is 11.0. The average Bonchev–Trinajstić information content (AvgIpc) is 2.49. The maximum absolute atomic E-state index is 11.0. The smallest absolute Gasteiger partial charge is 0.192 e. The molecule has 8 heteroatoms. The Kier molecular flexibility index (Phi) is 7.85. The summed E-state index contributed by atoms with van der Waals surface area (Å²) in [6, 6.07) is 0. The standard InChI is InChI=1S/C20H44O6Si2/c1-18(2,3)27(8,9)25-14-12-20(23,13-21)17(22)16(15(14)24-7)26-28(10,11)19(4,5)6/h14-17,21-23H,12-13H2,1-11H3/t14-,15+,16+,17+,20-/m1/s1. The van der Waals surface area contributed by atoms with E-state index in [4.69, 9.17) is 13.6 Å². The Hall–Kier alpha value is 0.194. The molecule has 0 aromatic rings. The molecule has 5 atom stereocenters. The van der Waals surface area contributed by atoms with Crippen molar-refractivity contribution in [2.24, 2.45) is 0 Å². The summed E-state index contributed by atoms with van der Waals surface area (Å²) < 4.78 is 18.9. The van der Waals surface area contributed by atoms with Gasteiger partial charge < -0.3 is 28.9 Å². The van der Waals surface area contributed by atoms with Crippen LogP contribution in [0.3, 0.4) is 0 Å². The second kappa shape index (κ2) is 8.38. The van der Waals surface area contributed by atoms with Crippen LogP contribution in [0.2, 0.25) is 36.3 Å². The van der Waals surface area contributed by atoms with Crippen molar-refractivity contribution in [1.82, 2.24) is 0 Å². The average molecular weight is 437 g/mol. The van der Waals surface area contributed by atoms with E-state index in [0.717, 1.165) is 0 Å². The molecule has 0 saturated heterocycles. The van der Waals surface area contributed by atoms with E-state index >= 15 is 0 Å². The van der Waals surface area contributed by atoms with Gasteiger partial charge in [0, 0.05) is 13.5 Å². The first-order valence-corrected chi connectivity index (χ1v) is 16.0. The Morgan fingerprint density at radius 1 is 0.893 bits per heavy atom. The van der Waals surface area contributed by atoms with Gasteiger partial charge in [-0.05, 0) is 36.3 Å². The topological polar surface area (TPSA) is 88.4 Å². The summed E-state index contributed by atoms with van der Waals surface area (Å²) in [5.74, 6) is 0. The van der Waals surface area contributed by atoms with Gasteiger partial charge in [0.1, 0.15) is 23.9 Å². The van der Waals surface area contributed by atoms with Crippen LogP contribution < -0.4 is 0 Å². The first-order valence-electron chi connectivity index (χ1n) is 10.2. The van der Waals surface area contributed by atoms with Crippen LogP contribution in [-0.4, -0.2) is 75.7 Å². The predicted molar refractivity (Wildman–Crippen MR) is 118 cm³/mol. The molecule has 1 rings (SSSR count). The highest BCUT2D eigenvalue weighted by atomic mass is 28.4. The Bertz CT molecular complexity index is 526. The molecule has 168 valence electrons. The number of methoxy groups -OCH3 is 1. The van der Waals surface area contributed by atoms with Gasteiger partial charge in [0.05, 0.1) is 12.7 Å². The molecule has 0 spiro atoms. The minimum Gasteiger partial charge on any atom is -0.411 e. The molecule has 0 aromatic heterocycles. The quantitative estimate of drug-likeness (QED) is 0.554. The van der Waals surface area contributed by atoms with Crippen LogP contribution in [0.15, 0.2) is 0 Å². The molecular weight excluding hydrogens is 392 g/mol. The summed E-state index contributed by atoms with van der Waals surface area (Å²) in [5, 5.41) is 31.8. The molecule has 0 heterocycles. The number of hydrogen-bond donors (Lipinski definition) is 3. The second-order valence-corrected chi connectivity index (χ2v) is 20.9. The first kappa shape index (κ1) is 26.2. The molecule has 3 N–H and O–H groups in total. The lowest BCUT2D eigenvalue weighted by Gasteiger charge is -2.53. The second-order valence-electron chi connectivity index (χ2n) is 11.4. The highest BCUT2D eigenvalue weighted by Crippen LogP contribution is 2.44. The number of aliphatic hydroxyl groups is 3. The largest absolute Gasteiger partial charge is 0.411 e. The fourth-order valence-electron chi connectivity index (χ4n) is 3.04. The molecule has 0 bridgehead atoms. The van der Waals surface area contributed by atoms with Crippen molar-refractivity contribution in [1.29, 1.82) is 0 Å². The van der Waals surface area contributed by atoms with E-state index < -0.39 is 53.3 Å². The van der Waals surface area contributed by atoms with Crippen molar-refractivity contribution in [3.63, 3.8) is 0 Å². The normalized spacial score (nSPS) is 33.2. The molecule has 0 radical (unpaired) electrons. The molecule has 1 saturated carbocycles. The van der Waals surface area contributed by atoms with Gasteiger partial charge in [0.15, 0.2) is 16.6 Å². The van der Waals surface area contributed by atoms with Gasteiger partial charge in [0.25, 0.3) is 0 Å². The third-order valence-corrected chi connectivity index (χ3v) is 16.1. The fourth-order valence-corrected chi connectivity index (χ4v) is 5.66. The third kappa shape index (κ3) is 5.27. The zero-order chi connectivity index (χ0) is 22.3. The summed E-state index contributed by atoms with van der Waals surface area (Å²) in [5.41, 5.74) is -1.69. The molecule has 1 aliphatic rings. The lowest BCUT2D eigenvalue weighted by molar-refractivity contribution is -0.227. The van der Waals surface area contributed by atoms with Gasteiger partial charge >= 0.3 is 0 Å². The zero-order valence-corrected chi connectivity index (χ0v) is 21.8. The lowest BCUT2D eigenvalue weighted by atomic mass is 9.77. The summed E-state index contributed by atoms with van der Waals surface area (Å²) in [4.78, 5) is 0. The van der Waals surface area contributed by atoms with Crippen molar-refractivity contribution in [3.05, 3.63) is 0 Å². The van der Waals surface area contributed by atoms with Crippen LogP contribution in [-0.2, 0) is 13.6 Å². The Balaban J connectivity index is 3.33. The predicted octanol–water partition coefficient (Wildman–Crippen LogP) is 3.27. The fraction of sp³-hybridized carbons (Fsp3) is 1.00. The Morgan fingerprint density at radius 2 is 1.32 bits per heavy atom. The molecule has 0 unspecified atom stereocenters. The number of ether oxygens (including phenoxy) is 1. The van der Waals surface area contributed by atoms with Crippen LogP contribution in [0.1, 0.15) is 48.0 Å². The van der Waals surface area contributed by atoms with E-state index in [1.54, 1.807) is 7.11 Å². The lowest BCUT2D eigenvalue weighted by Crippen LogP contribution is -2.69. The third-order valence-electron chi connectivity index (χ3n) is 7.14. The number of aliphatic hydroxyl groups excluding tert-OH is 2. The summed E-state index contributed by atoms with van der Waals surface area (Å²) in [7, 11) is -2.85. The van der Waals surface area contributed by atoms with Crippen LogP contribution >= 0.6 is 0 Å². The van der Waals surface area contributed by atoms with Crippen LogP contribution in [0.25, 0.3) is 0 Å². The van der Waals surface area contributed by atoms with Gasteiger partial charge in [-0.1, -0.05) is 41.5 Å². The highest BCUT2D eigenvalue weighted by Gasteiger charge is 2.57. The minimum atomic E-state index is -2.27. The Labute approximate surface area is 173 Å². The summed E-state index contributed by atoms with van der Waals surface area (Å²) in [6.45, 7) is 20.8. The molecular formula is C20H44O6Si2. The number of hydrogen-bond acceptors (Lipinski definition) is 6. The van der Waals surface area contributed by atoms with Gasteiger partial charge in [-0.25, -0.2) is 0 Å². The summed E-state index contributed by atoms with van der Waals surface area (Å²) in [6.07, 6.45) is -2.92. The van der Waals surface area contributed by atoms with Crippen molar-refractivity contribution < 1.29 is 28.9 Å². The molecule has 1 fully saturated rings. The van der Waals surface area contributed by atoms with Crippen molar-refractivity contribution in [3.8, 4) is 0 Å². The molecule has 6 nitrogen and oxygen atoms in total. The molecule has 0 aromatic carbocycles. The van der Waals surface area contributed by atoms with E-state index in [0.29, 0.717) is 0 Å². The van der Waals surface area contributed by atoms with Crippen molar-refractivity contribution >= 4 is 16.6 Å². The zero-order valence-electron chi connectivity index (χ0n) is 19.8. The van der Waals surface area contributed by atoms with Crippen LogP contribution in [0.4, 0.5) is 0 Å². The van der Waals surface area contributed by atoms with Gasteiger partial charge in [-0.2, -0.15) is 0 Å². The van der Waals surface area contributed by atoms with E-state index in [1.165, 1.54) is 0 Å². The molecule has 28 heavy (non-hydrogen) atoms. The van der Waals surface area contributed by atoms with Gasteiger partial charge in [0.2, 0.25) is 0 Å². The first-order chi connectivity index (χ1) is 12.3. The highest BCUT2D eigenvalue weighted by molar-refractivity contribution is 6.74. The van der Waals surface area contributed by atoms with Crippen molar-refractivity contribution in [2.75, 3.05) is 13.7 Å². The molecule has 1 aliphatic carbocycles. The van der Waals surface area contributed by atoms with E-state index in [9.17, 15) is 15.3 Å². The van der Waals surface area contributed by atoms with Gasteiger partial charge in [-0.15, -0.1) is 0 Å². The van der Waals surface area contributed by atoms with E-state index in [1.807, 2.05) is 0 Å². The molecule has 0 aliphatic heterocycles. The van der Waals surface area contributed by atoms with Crippen LogP contribution in [0, 0.1) is 0 Å².